The minimum Gasteiger partial charge on any atom is -0.316 e. The van der Waals surface area contributed by atoms with Gasteiger partial charge in [0.2, 0.25) is 5.15 Å². The van der Waals surface area contributed by atoms with Gasteiger partial charge in [-0.05, 0) is 12.6 Å². The molecule has 0 aromatic carbocycles. The first-order valence-corrected chi connectivity index (χ1v) is 3.96. The molecule has 0 spiro atoms. The van der Waals surface area contributed by atoms with Crippen LogP contribution in [0.15, 0.2) is 12.3 Å². The van der Waals surface area contributed by atoms with E-state index in [-0.39, 0.29) is 10.8 Å². The number of hydrogen-bond acceptors (Lipinski definition) is 4. The van der Waals surface area contributed by atoms with Crippen LogP contribution < -0.4 is 5.32 Å². The fourth-order valence-electron chi connectivity index (χ4n) is 0.907. The zero-order chi connectivity index (χ0) is 9.84. The molecule has 0 bridgehead atoms. The number of pyridine rings is 1. The third-order valence-corrected chi connectivity index (χ3v) is 1.75. The lowest BCUT2D eigenvalue weighted by molar-refractivity contribution is -0.385. The van der Waals surface area contributed by atoms with Crippen LogP contribution in [0.2, 0.25) is 5.15 Å². The molecule has 0 amide bonds. The summed E-state index contributed by atoms with van der Waals surface area (Å²) >= 11 is 5.52. The van der Waals surface area contributed by atoms with Crippen molar-refractivity contribution in [2.45, 2.75) is 6.54 Å². The standard InChI is InChI=1S/C7H8ClN3O2/c1-9-3-5-2-6(11(12)13)7(8)10-4-5/h2,4,9H,3H2,1H3. The SMILES string of the molecule is CNCc1cnc(Cl)c([N+](=O)[O-])c1. The van der Waals surface area contributed by atoms with Crippen LogP contribution in [0.4, 0.5) is 5.69 Å². The molecule has 0 saturated heterocycles. The van der Waals surface area contributed by atoms with Gasteiger partial charge < -0.3 is 5.32 Å². The fraction of sp³-hybridized carbons (Fsp3) is 0.286. The molecule has 0 aliphatic rings. The molecule has 13 heavy (non-hydrogen) atoms. The highest BCUT2D eigenvalue weighted by Crippen LogP contribution is 2.21. The van der Waals surface area contributed by atoms with Crippen molar-refractivity contribution in [2.24, 2.45) is 0 Å². The molecule has 0 unspecified atom stereocenters. The topological polar surface area (TPSA) is 68.1 Å². The van der Waals surface area contributed by atoms with E-state index in [1.165, 1.54) is 12.3 Å². The fourth-order valence-corrected chi connectivity index (χ4v) is 1.08. The molecular weight excluding hydrogens is 194 g/mol. The third-order valence-electron chi connectivity index (χ3n) is 1.45. The van der Waals surface area contributed by atoms with Gasteiger partial charge in [-0.2, -0.15) is 0 Å². The summed E-state index contributed by atoms with van der Waals surface area (Å²) < 4.78 is 0. The van der Waals surface area contributed by atoms with Crippen molar-refractivity contribution >= 4 is 17.3 Å². The van der Waals surface area contributed by atoms with Gasteiger partial charge in [0.05, 0.1) is 4.92 Å². The van der Waals surface area contributed by atoms with Crippen LogP contribution in [-0.2, 0) is 6.54 Å². The van der Waals surface area contributed by atoms with Gasteiger partial charge in [-0.25, -0.2) is 4.98 Å². The predicted octanol–water partition coefficient (Wildman–Crippen LogP) is 1.36. The summed E-state index contributed by atoms with van der Waals surface area (Å²) in [5.74, 6) is 0. The molecular formula is C7H8ClN3O2. The van der Waals surface area contributed by atoms with Gasteiger partial charge in [0.15, 0.2) is 0 Å². The van der Waals surface area contributed by atoms with Crippen LogP contribution in [0.3, 0.4) is 0 Å². The Bertz CT molecular complexity index is 330. The van der Waals surface area contributed by atoms with Crippen molar-refractivity contribution in [1.29, 1.82) is 0 Å². The van der Waals surface area contributed by atoms with Gasteiger partial charge in [-0.15, -0.1) is 0 Å². The zero-order valence-electron chi connectivity index (χ0n) is 6.95. The molecule has 0 aliphatic carbocycles. The summed E-state index contributed by atoms with van der Waals surface area (Å²) in [7, 11) is 1.75. The van der Waals surface area contributed by atoms with E-state index in [0.717, 1.165) is 5.56 Å². The molecule has 0 saturated carbocycles. The predicted molar refractivity (Wildman–Crippen MR) is 48.7 cm³/mol. The van der Waals surface area contributed by atoms with Crippen molar-refractivity contribution < 1.29 is 4.92 Å². The van der Waals surface area contributed by atoms with Crippen LogP contribution in [0.25, 0.3) is 0 Å². The van der Waals surface area contributed by atoms with E-state index in [0.29, 0.717) is 6.54 Å². The second kappa shape index (κ2) is 4.15. The maximum absolute atomic E-state index is 10.4. The van der Waals surface area contributed by atoms with Gasteiger partial charge in [-0.1, -0.05) is 11.6 Å². The van der Waals surface area contributed by atoms with Crippen LogP contribution in [0, 0.1) is 10.1 Å². The molecule has 0 radical (unpaired) electrons. The second-order valence-corrected chi connectivity index (χ2v) is 2.80. The van der Waals surface area contributed by atoms with Crippen molar-refractivity contribution in [1.82, 2.24) is 10.3 Å². The van der Waals surface area contributed by atoms with Gasteiger partial charge in [0.1, 0.15) is 0 Å². The summed E-state index contributed by atoms with van der Waals surface area (Å²) in [5.41, 5.74) is 0.577. The Balaban J connectivity index is 3.04. The van der Waals surface area contributed by atoms with Gasteiger partial charge in [0, 0.05) is 18.8 Å². The lowest BCUT2D eigenvalue weighted by atomic mass is 10.2. The molecule has 1 rings (SSSR count). The Morgan fingerprint density at radius 1 is 1.77 bits per heavy atom. The molecule has 70 valence electrons. The highest BCUT2D eigenvalue weighted by Gasteiger charge is 2.13. The highest BCUT2D eigenvalue weighted by atomic mass is 35.5. The van der Waals surface area contributed by atoms with E-state index in [9.17, 15) is 10.1 Å². The van der Waals surface area contributed by atoms with E-state index in [4.69, 9.17) is 11.6 Å². The van der Waals surface area contributed by atoms with Gasteiger partial charge in [0.25, 0.3) is 0 Å². The molecule has 6 heteroatoms. The molecule has 0 atom stereocenters. The van der Waals surface area contributed by atoms with Crippen LogP contribution in [-0.4, -0.2) is 17.0 Å². The maximum atomic E-state index is 10.4. The monoisotopic (exact) mass is 201 g/mol. The summed E-state index contributed by atoms with van der Waals surface area (Å²) in [6.07, 6.45) is 1.51. The largest absolute Gasteiger partial charge is 0.316 e. The summed E-state index contributed by atoms with van der Waals surface area (Å²) in [5, 5.41) is 13.2. The molecule has 0 fully saturated rings. The number of halogens is 1. The normalized spacial score (nSPS) is 10.0. The zero-order valence-corrected chi connectivity index (χ0v) is 7.71. The summed E-state index contributed by atoms with van der Waals surface area (Å²) in [6, 6.07) is 1.41. The Kier molecular flexibility index (Phi) is 3.16. The Morgan fingerprint density at radius 2 is 2.46 bits per heavy atom. The minimum absolute atomic E-state index is 0.0788. The maximum Gasteiger partial charge on any atom is 0.306 e. The van der Waals surface area contributed by atoms with Crippen LogP contribution >= 0.6 is 11.6 Å². The van der Waals surface area contributed by atoms with E-state index in [1.54, 1.807) is 7.05 Å². The van der Waals surface area contributed by atoms with Crippen LogP contribution in [0.5, 0.6) is 0 Å². The molecule has 5 nitrogen and oxygen atoms in total. The lowest BCUT2D eigenvalue weighted by Gasteiger charge is -1.99. The highest BCUT2D eigenvalue weighted by molar-refractivity contribution is 6.31. The molecule has 1 N–H and O–H groups in total. The number of hydrogen-bond donors (Lipinski definition) is 1. The first kappa shape index (κ1) is 9.88. The number of nitro groups is 1. The Morgan fingerprint density at radius 3 is 3.00 bits per heavy atom. The van der Waals surface area contributed by atoms with E-state index >= 15 is 0 Å². The van der Waals surface area contributed by atoms with Crippen LogP contribution in [0.1, 0.15) is 5.56 Å². The van der Waals surface area contributed by atoms with E-state index in [2.05, 4.69) is 10.3 Å². The minimum atomic E-state index is -0.547. The Hall–Kier alpha value is -1.20. The molecule has 1 aromatic heterocycles. The molecule has 1 heterocycles. The van der Waals surface area contributed by atoms with Crippen molar-refractivity contribution in [3.8, 4) is 0 Å². The number of rotatable bonds is 3. The molecule has 0 aliphatic heterocycles. The number of nitrogens with one attached hydrogen (secondary N) is 1. The summed E-state index contributed by atoms with van der Waals surface area (Å²) in [6.45, 7) is 0.533. The van der Waals surface area contributed by atoms with E-state index < -0.39 is 4.92 Å². The van der Waals surface area contributed by atoms with E-state index in [1.807, 2.05) is 0 Å². The summed E-state index contributed by atoms with van der Waals surface area (Å²) in [4.78, 5) is 13.6. The van der Waals surface area contributed by atoms with Gasteiger partial charge >= 0.3 is 5.69 Å². The molecule has 1 aromatic rings. The first-order valence-electron chi connectivity index (χ1n) is 3.58. The average molecular weight is 202 g/mol. The van der Waals surface area contributed by atoms with Crippen molar-refractivity contribution in [3.63, 3.8) is 0 Å². The second-order valence-electron chi connectivity index (χ2n) is 2.44. The average Bonchev–Trinajstić information content (AvgIpc) is 2.08. The quantitative estimate of drug-likeness (QED) is 0.456. The lowest BCUT2D eigenvalue weighted by Crippen LogP contribution is -2.06. The van der Waals surface area contributed by atoms with Crippen molar-refractivity contribution in [2.75, 3.05) is 7.05 Å². The third kappa shape index (κ3) is 2.37. The first-order chi connectivity index (χ1) is 6.15. The Labute approximate surface area is 79.9 Å². The smallest absolute Gasteiger partial charge is 0.306 e. The van der Waals surface area contributed by atoms with Gasteiger partial charge in [-0.3, -0.25) is 10.1 Å². The number of nitrogens with zero attached hydrogens (tertiary/aromatic N) is 2. The number of aromatic nitrogens is 1. The van der Waals surface area contributed by atoms with Crippen molar-refractivity contribution in [3.05, 3.63) is 33.1 Å².